The summed E-state index contributed by atoms with van der Waals surface area (Å²) in [6.45, 7) is 1.60. The van der Waals surface area contributed by atoms with Gasteiger partial charge in [0.1, 0.15) is 31.8 Å². The van der Waals surface area contributed by atoms with E-state index in [1.165, 1.54) is 6.92 Å². The van der Waals surface area contributed by atoms with Crippen molar-refractivity contribution in [2.24, 2.45) is 5.73 Å². The molecular weight excluding hydrogens is 282 g/mol. The number of fused-ring (bicyclic) bond motifs is 1. The molecule has 10 heteroatoms. The van der Waals surface area contributed by atoms with E-state index in [9.17, 15) is 14.7 Å². The lowest BCUT2D eigenvalue weighted by Gasteiger charge is -2.35. The molecule has 2 aliphatic rings. The Kier molecular flexibility index (Phi) is 5.45. The van der Waals surface area contributed by atoms with Crippen molar-refractivity contribution in [1.82, 2.24) is 20.9 Å². The normalized spacial score (nSPS) is 30.6. The van der Waals surface area contributed by atoms with E-state index in [0.717, 1.165) is 0 Å². The molecule has 0 aromatic carbocycles. The largest absolute Gasteiger partial charge is 0.463 e. The summed E-state index contributed by atoms with van der Waals surface area (Å²) in [5.41, 5.74) is 5.67. The number of nitrogens with one attached hydrogen (secondary N) is 3. The van der Waals surface area contributed by atoms with Gasteiger partial charge in [-0.1, -0.05) is 0 Å². The van der Waals surface area contributed by atoms with E-state index in [2.05, 4.69) is 16.0 Å². The van der Waals surface area contributed by atoms with Gasteiger partial charge in [0.15, 0.2) is 0 Å². The fraction of sp³-hybridized carbons (Fsp3) is 0.818. The van der Waals surface area contributed by atoms with E-state index >= 15 is 0 Å². The van der Waals surface area contributed by atoms with Gasteiger partial charge in [-0.3, -0.25) is 30.9 Å². The Balaban J connectivity index is 1.82. The second kappa shape index (κ2) is 7.11. The van der Waals surface area contributed by atoms with Crippen LogP contribution in [-0.2, 0) is 19.1 Å². The minimum absolute atomic E-state index is 0.0192. The predicted molar refractivity (Wildman–Crippen MR) is 70.1 cm³/mol. The van der Waals surface area contributed by atoms with Gasteiger partial charge in [0.25, 0.3) is 0 Å². The number of carbonyl (C=O) groups is 2. The molecule has 0 spiro atoms. The summed E-state index contributed by atoms with van der Waals surface area (Å²) in [6.07, 6.45) is -1.52. The van der Waals surface area contributed by atoms with Crippen molar-refractivity contribution in [2.45, 2.75) is 31.5 Å². The molecule has 6 N–H and O–H groups in total. The molecule has 4 unspecified atom stereocenters. The molecule has 0 aromatic rings. The van der Waals surface area contributed by atoms with Crippen molar-refractivity contribution in [2.75, 3.05) is 26.6 Å². The molecule has 2 saturated heterocycles. The highest BCUT2D eigenvalue weighted by Gasteiger charge is 2.42. The van der Waals surface area contributed by atoms with Gasteiger partial charge in [0.05, 0.1) is 19.4 Å². The molecule has 10 nitrogen and oxygen atoms in total. The maximum atomic E-state index is 11.7. The van der Waals surface area contributed by atoms with Crippen molar-refractivity contribution in [3.8, 4) is 0 Å². The Morgan fingerprint density at radius 2 is 2.38 bits per heavy atom. The third-order valence-corrected chi connectivity index (χ3v) is 3.31. The third kappa shape index (κ3) is 4.09. The lowest BCUT2D eigenvalue weighted by Crippen LogP contribution is -2.70. The first kappa shape index (κ1) is 16.1. The molecule has 0 bridgehead atoms. The first-order valence-corrected chi connectivity index (χ1v) is 6.66. The molecule has 0 saturated carbocycles. The maximum absolute atomic E-state index is 11.7. The predicted octanol–water partition coefficient (Wildman–Crippen LogP) is -3.60. The Labute approximate surface area is 121 Å². The van der Waals surface area contributed by atoms with Crippen LogP contribution in [0, 0.1) is 0 Å². The minimum Gasteiger partial charge on any atom is -0.463 e. The zero-order valence-electron chi connectivity index (χ0n) is 11.7. The number of hydrogen-bond donors (Lipinski definition) is 5. The number of carbonyl (C=O) groups excluding carboxylic acids is 2. The number of aliphatic hydroxyl groups is 1. The van der Waals surface area contributed by atoms with Crippen LogP contribution in [0.5, 0.6) is 0 Å². The Morgan fingerprint density at radius 3 is 3.05 bits per heavy atom. The molecule has 120 valence electrons. The maximum Gasteiger partial charge on any atom is 0.302 e. The van der Waals surface area contributed by atoms with Gasteiger partial charge < -0.3 is 19.9 Å². The number of rotatable bonds is 6. The van der Waals surface area contributed by atoms with Crippen molar-refractivity contribution < 1.29 is 24.2 Å². The molecule has 0 aromatic heterocycles. The molecule has 2 heterocycles. The number of ether oxygens (including phenoxy) is 2. The van der Waals surface area contributed by atoms with Gasteiger partial charge in [0, 0.05) is 6.92 Å². The first-order chi connectivity index (χ1) is 10.0. The van der Waals surface area contributed by atoms with Crippen LogP contribution in [0.4, 0.5) is 0 Å². The van der Waals surface area contributed by atoms with Crippen LogP contribution in [-0.4, -0.2) is 73.1 Å². The van der Waals surface area contributed by atoms with E-state index in [4.69, 9.17) is 15.2 Å². The summed E-state index contributed by atoms with van der Waals surface area (Å²) in [7, 11) is 0. The van der Waals surface area contributed by atoms with Crippen LogP contribution in [0.25, 0.3) is 0 Å². The van der Waals surface area contributed by atoms with Gasteiger partial charge in [-0.15, -0.1) is 0 Å². The van der Waals surface area contributed by atoms with Crippen molar-refractivity contribution in [1.29, 1.82) is 0 Å². The summed E-state index contributed by atoms with van der Waals surface area (Å²) in [5.74, 6) is -0.607. The molecule has 2 fully saturated rings. The Bertz CT molecular complexity index is 395. The van der Waals surface area contributed by atoms with E-state index in [0.29, 0.717) is 6.67 Å². The Hall–Kier alpha value is -1.30. The topological polar surface area (TPSA) is 138 Å². The SMILES string of the molecule is CC(=O)OCC(CO)OCN1CNC2C(=O)NC(N)NC21. The van der Waals surface area contributed by atoms with Crippen molar-refractivity contribution >= 4 is 11.9 Å². The summed E-state index contributed by atoms with van der Waals surface area (Å²) in [4.78, 5) is 24.3. The molecule has 4 atom stereocenters. The molecular formula is C11H21N5O5. The molecule has 1 amide bonds. The highest BCUT2D eigenvalue weighted by atomic mass is 16.6. The summed E-state index contributed by atoms with van der Waals surface area (Å²) < 4.78 is 10.3. The average molecular weight is 303 g/mol. The van der Waals surface area contributed by atoms with Crippen molar-refractivity contribution in [3.63, 3.8) is 0 Å². The molecule has 2 rings (SSSR count). The van der Waals surface area contributed by atoms with Crippen LogP contribution in [0.15, 0.2) is 0 Å². The van der Waals surface area contributed by atoms with Gasteiger partial charge in [-0.25, -0.2) is 0 Å². The van der Waals surface area contributed by atoms with Gasteiger partial charge in [-0.05, 0) is 0 Å². The highest BCUT2D eigenvalue weighted by molar-refractivity contribution is 5.83. The Morgan fingerprint density at radius 1 is 1.62 bits per heavy atom. The summed E-state index contributed by atoms with van der Waals surface area (Å²) in [6, 6.07) is -0.408. The first-order valence-electron chi connectivity index (χ1n) is 6.66. The monoisotopic (exact) mass is 303 g/mol. The average Bonchev–Trinajstić information content (AvgIpc) is 2.82. The number of esters is 1. The fourth-order valence-corrected chi connectivity index (χ4v) is 2.23. The number of hydrogen-bond acceptors (Lipinski definition) is 9. The van der Waals surface area contributed by atoms with E-state index in [1.54, 1.807) is 0 Å². The van der Waals surface area contributed by atoms with E-state index in [1.807, 2.05) is 4.90 Å². The molecule has 21 heavy (non-hydrogen) atoms. The van der Waals surface area contributed by atoms with Crippen LogP contribution in [0.1, 0.15) is 6.92 Å². The standard InChI is InChI=1S/C11H21N5O5/c1-6(18)20-3-7(2-17)21-5-16-4-13-8-9(16)14-11(12)15-10(8)19/h7-9,11,13-14,17H,2-5,12H2,1H3,(H,15,19). The highest BCUT2D eigenvalue weighted by Crippen LogP contribution is 2.13. The summed E-state index contributed by atoms with van der Waals surface area (Å²) >= 11 is 0. The second-order valence-corrected chi connectivity index (χ2v) is 4.93. The number of amides is 1. The number of nitrogens with zero attached hydrogens (tertiary/aromatic N) is 1. The molecule has 0 radical (unpaired) electrons. The van der Waals surface area contributed by atoms with E-state index in [-0.39, 0.29) is 32.0 Å². The van der Waals surface area contributed by atoms with Crippen molar-refractivity contribution in [3.05, 3.63) is 0 Å². The quantitative estimate of drug-likeness (QED) is 0.315. The third-order valence-electron chi connectivity index (χ3n) is 3.31. The zero-order chi connectivity index (χ0) is 15.4. The van der Waals surface area contributed by atoms with Crippen LogP contribution < -0.4 is 21.7 Å². The smallest absolute Gasteiger partial charge is 0.302 e. The van der Waals surface area contributed by atoms with Crippen LogP contribution in [0.2, 0.25) is 0 Å². The van der Waals surface area contributed by atoms with E-state index < -0.39 is 24.4 Å². The molecule has 0 aliphatic carbocycles. The van der Waals surface area contributed by atoms with Gasteiger partial charge in [-0.2, -0.15) is 0 Å². The fourth-order valence-electron chi connectivity index (χ4n) is 2.23. The number of nitrogens with two attached hydrogens (primary N) is 1. The van der Waals surface area contributed by atoms with Crippen LogP contribution in [0.3, 0.4) is 0 Å². The lowest BCUT2D eigenvalue weighted by molar-refractivity contribution is -0.149. The van der Waals surface area contributed by atoms with Gasteiger partial charge >= 0.3 is 5.97 Å². The zero-order valence-corrected chi connectivity index (χ0v) is 11.7. The summed E-state index contributed by atoms with van der Waals surface area (Å²) in [5, 5.41) is 17.8. The second-order valence-electron chi connectivity index (χ2n) is 4.93. The van der Waals surface area contributed by atoms with Gasteiger partial charge in [0.2, 0.25) is 5.91 Å². The minimum atomic E-state index is -0.615. The van der Waals surface area contributed by atoms with Crippen LogP contribution >= 0.6 is 0 Å². The lowest BCUT2D eigenvalue weighted by atomic mass is 10.2. The molecule has 2 aliphatic heterocycles. The number of aliphatic hydroxyl groups excluding tert-OH is 1.